The van der Waals surface area contributed by atoms with Gasteiger partial charge in [0, 0.05) is 6.20 Å². The molecule has 6 nitrogen and oxygen atoms in total. The van der Waals surface area contributed by atoms with Crippen LogP contribution in [0.3, 0.4) is 0 Å². The van der Waals surface area contributed by atoms with E-state index in [1.54, 1.807) is 12.3 Å². The number of amides is 2. The van der Waals surface area contributed by atoms with Gasteiger partial charge in [0.25, 0.3) is 0 Å². The van der Waals surface area contributed by atoms with Crippen LogP contribution < -0.4 is 15.4 Å². The maximum Gasteiger partial charge on any atom is 0.319 e. The van der Waals surface area contributed by atoms with E-state index in [0.29, 0.717) is 11.6 Å². The molecule has 1 aliphatic carbocycles. The summed E-state index contributed by atoms with van der Waals surface area (Å²) >= 11 is 0. The van der Waals surface area contributed by atoms with E-state index in [0.717, 1.165) is 31.2 Å². The lowest BCUT2D eigenvalue weighted by Gasteiger charge is -2.28. The van der Waals surface area contributed by atoms with E-state index < -0.39 is 6.10 Å². The number of urea groups is 1. The number of aromatic nitrogens is 1. The van der Waals surface area contributed by atoms with Crippen LogP contribution in [-0.4, -0.2) is 35.4 Å². The highest BCUT2D eigenvalue weighted by molar-refractivity contribution is 5.90. The summed E-state index contributed by atoms with van der Waals surface area (Å²) in [5.74, 6) is 0.370. The molecule has 2 atom stereocenters. The van der Waals surface area contributed by atoms with Crippen molar-refractivity contribution in [2.75, 3.05) is 12.4 Å². The third-order valence-corrected chi connectivity index (χ3v) is 3.48. The van der Waals surface area contributed by atoms with Crippen molar-refractivity contribution in [1.29, 1.82) is 0 Å². The number of carbonyl (C=O) groups is 1. The van der Waals surface area contributed by atoms with Crippen LogP contribution in [0, 0.1) is 6.92 Å². The molecule has 1 aromatic heterocycles. The van der Waals surface area contributed by atoms with Crippen LogP contribution in [0.25, 0.3) is 0 Å². The second kappa shape index (κ2) is 6.56. The lowest BCUT2D eigenvalue weighted by atomic mass is 9.93. The number of aliphatic hydroxyl groups is 1. The first-order chi connectivity index (χ1) is 9.60. The number of methoxy groups -OCH3 is 1. The lowest BCUT2D eigenvalue weighted by molar-refractivity contribution is 0.0955. The van der Waals surface area contributed by atoms with Gasteiger partial charge in [0.05, 0.1) is 19.3 Å². The predicted octanol–water partition coefficient (Wildman–Crippen LogP) is 1.82. The van der Waals surface area contributed by atoms with E-state index in [1.165, 1.54) is 7.11 Å². The maximum absolute atomic E-state index is 12.0. The second-order valence-corrected chi connectivity index (χ2v) is 5.13. The summed E-state index contributed by atoms with van der Waals surface area (Å²) in [4.78, 5) is 16.1. The molecule has 6 heteroatoms. The SMILES string of the molecule is COc1ncc(C)cc1NC(=O)N[C@@H]1CCCC[C@H]1O. The van der Waals surface area contributed by atoms with Crippen molar-refractivity contribution in [3.63, 3.8) is 0 Å². The first-order valence-electron chi connectivity index (χ1n) is 6.86. The molecule has 3 N–H and O–H groups in total. The van der Waals surface area contributed by atoms with Crippen LogP contribution in [0.15, 0.2) is 12.3 Å². The molecule has 0 bridgehead atoms. The van der Waals surface area contributed by atoms with E-state index in [9.17, 15) is 9.90 Å². The summed E-state index contributed by atoms with van der Waals surface area (Å²) in [6.07, 6.45) is 4.78. The standard InChI is InChI=1S/C14H21N3O3/c1-9-7-11(13(20-2)15-8-9)17-14(19)16-10-5-3-4-6-12(10)18/h7-8,10,12,18H,3-6H2,1-2H3,(H2,16,17,19)/t10-,12-/m1/s1. The molecule has 1 fully saturated rings. The van der Waals surface area contributed by atoms with Crippen LogP contribution in [0.2, 0.25) is 0 Å². The molecule has 0 aromatic carbocycles. The average molecular weight is 279 g/mol. The van der Waals surface area contributed by atoms with Gasteiger partial charge >= 0.3 is 6.03 Å². The Hall–Kier alpha value is -1.82. The Morgan fingerprint density at radius 1 is 1.45 bits per heavy atom. The van der Waals surface area contributed by atoms with Crippen molar-refractivity contribution in [3.05, 3.63) is 17.8 Å². The zero-order chi connectivity index (χ0) is 14.5. The summed E-state index contributed by atoms with van der Waals surface area (Å²) in [6.45, 7) is 1.89. The Kier molecular flexibility index (Phi) is 4.79. The number of ether oxygens (including phenoxy) is 1. The van der Waals surface area contributed by atoms with Crippen LogP contribution in [-0.2, 0) is 0 Å². The predicted molar refractivity (Wildman–Crippen MR) is 75.9 cm³/mol. The van der Waals surface area contributed by atoms with Crippen molar-refractivity contribution >= 4 is 11.7 Å². The van der Waals surface area contributed by atoms with Crippen molar-refractivity contribution in [2.45, 2.75) is 44.8 Å². The van der Waals surface area contributed by atoms with Gasteiger partial charge in [0.2, 0.25) is 5.88 Å². The molecule has 1 saturated carbocycles. The van der Waals surface area contributed by atoms with Crippen LogP contribution >= 0.6 is 0 Å². The quantitative estimate of drug-likeness (QED) is 0.788. The lowest BCUT2D eigenvalue weighted by Crippen LogP contribution is -2.46. The molecule has 1 aliphatic rings. The minimum atomic E-state index is -0.466. The number of hydrogen-bond acceptors (Lipinski definition) is 4. The fourth-order valence-electron chi connectivity index (χ4n) is 2.42. The number of nitrogens with one attached hydrogen (secondary N) is 2. The van der Waals surface area contributed by atoms with Crippen molar-refractivity contribution in [3.8, 4) is 5.88 Å². The first-order valence-corrected chi connectivity index (χ1v) is 6.86. The van der Waals surface area contributed by atoms with E-state index in [4.69, 9.17) is 4.74 Å². The highest BCUT2D eigenvalue weighted by Crippen LogP contribution is 2.22. The normalized spacial score (nSPS) is 22.1. The number of nitrogens with zero attached hydrogens (tertiary/aromatic N) is 1. The van der Waals surface area contributed by atoms with Gasteiger partial charge in [-0.25, -0.2) is 9.78 Å². The average Bonchev–Trinajstić information content (AvgIpc) is 2.41. The number of aliphatic hydroxyl groups excluding tert-OH is 1. The summed E-state index contributed by atoms with van der Waals surface area (Å²) < 4.78 is 5.11. The minimum absolute atomic E-state index is 0.187. The number of anilines is 1. The Bertz CT molecular complexity index is 479. The zero-order valence-electron chi connectivity index (χ0n) is 11.8. The van der Waals surface area contributed by atoms with E-state index in [1.807, 2.05) is 6.92 Å². The molecular weight excluding hydrogens is 258 g/mol. The summed E-state index contributed by atoms with van der Waals surface area (Å²) in [6, 6.07) is 1.26. The molecule has 2 amide bonds. The van der Waals surface area contributed by atoms with Crippen LogP contribution in [0.5, 0.6) is 5.88 Å². The molecule has 2 rings (SSSR count). The second-order valence-electron chi connectivity index (χ2n) is 5.13. The monoisotopic (exact) mass is 279 g/mol. The number of pyridine rings is 1. The van der Waals surface area contributed by atoms with Gasteiger partial charge in [0.1, 0.15) is 5.69 Å². The molecule has 0 aliphatic heterocycles. The molecular formula is C14H21N3O3. The Morgan fingerprint density at radius 2 is 2.20 bits per heavy atom. The third-order valence-electron chi connectivity index (χ3n) is 3.48. The molecule has 110 valence electrons. The van der Waals surface area contributed by atoms with E-state index in [-0.39, 0.29) is 12.1 Å². The van der Waals surface area contributed by atoms with Crippen molar-refractivity contribution < 1.29 is 14.6 Å². The number of rotatable bonds is 3. The van der Waals surface area contributed by atoms with Crippen LogP contribution in [0.4, 0.5) is 10.5 Å². The van der Waals surface area contributed by atoms with Gasteiger partial charge in [-0.15, -0.1) is 0 Å². The van der Waals surface area contributed by atoms with Gasteiger partial charge in [-0.1, -0.05) is 12.8 Å². The smallest absolute Gasteiger partial charge is 0.319 e. The number of aryl methyl sites for hydroxylation is 1. The van der Waals surface area contributed by atoms with E-state index in [2.05, 4.69) is 15.6 Å². The van der Waals surface area contributed by atoms with Gasteiger partial charge in [0.15, 0.2) is 0 Å². The fraction of sp³-hybridized carbons (Fsp3) is 0.571. The van der Waals surface area contributed by atoms with Gasteiger partial charge in [-0.2, -0.15) is 0 Å². The molecule has 0 spiro atoms. The third kappa shape index (κ3) is 3.60. The number of hydrogen-bond donors (Lipinski definition) is 3. The summed E-state index contributed by atoms with van der Waals surface area (Å²) in [5.41, 5.74) is 1.45. The molecule has 1 aromatic rings. The van der Waals surface area contributed by atoms with Gasteiger partial charge in [-0.05, 0) is 31.4 Å². The van der Waals surface area contributed by atoms with Crippen LogP contribution in [0.1, 0.15) is 31.2 Å². The summed E-state index contributed by atoms with van der Waals surface area (Å²) in [7, 11) is 1.51. The van der Waals surface area contributed by atoms with Crippen molar-refractivity contribution in [1.82, 2.24) is 10.3 Å². The highest BCUT2D eigenvalue weighted by Gasteiger charge is 2.24. The molecule has 0 saturated heterocycles. The maximum atomic E-state index is 12.0. The highest BCUT2D eigenvalue weighted by atomic mass is 16.5. The number of carbonyl (C=O) groups excluding carboxylic acids is 1. The van der Waals surface area contributed by atoms with E-state index >= 15 is 0 Å². The molecule has 1 heterocycles. The largest absolute Gasteiger partial charge is 0.480 e. The molecule has 0 radical (unpaired) electrons. The molecule has 0 unspecified atom stereocenters. The topological polar surface area (TPSA) is 83.5 Å². The van der Waals surface area contributed by atoms with Crippen molar-refractivity contribution in [2.24, 2.45) is 0 Å². The Morgan fingerprint density at radius 3 is 2.90 bits per heavy atom. The zero-order valence-corrected chi connectivity index (χ0v) is 11.8. The molecule has 20 heavy (non-hydrogen) atoms. The Labute approximate surface area is 118 Å². The fourth-order valence-corrected chi connectivity index (χ4v) is 2.42. The first kappa shape index (κ1) is 14.6. The van der Waals surface area contributed by atoms with Gasteiger partial charge in [-0.3, -0.25) is 0 Å². The summed E-state index contributed by atoms with van der Waals surface area (Å²) in [5, 5.41) is 15.4. The Balaban J connectivity index is 1.99. The minimum Gasteiger partial charge on any atom is -0.480 e. The van der Waals surface area contributed by atoms with Gasteiger partial charge < -0.3 is 20.5 Å².